The van der Waals surface area contributed by atoms with Crippen molar-refractivity contribution < 1.29 is 14.7 Å². The van der Waals surface area contributed by atoms with E-state index in [1.165, 1.54) is 17.7 Å². The van der Waals surface area contributed by atoms with Gasteiger partial charge in [0.1, 0.15) is 6.54 Å². The molecule has 0 bridgehead atoms. The molecular weight excluding hydrogens is 244 g/mol. The number of nitrogens with zero attached hydrogens (tertiary/aromatic N) is 2. The van der Waals surface area contributed by atoms with Crippen molar-refractivity contribution in [2.24, 2.45) is 5.92 Å². The predicted octanol–water partition coefficient (Wildman–Crippen LogP) is 2.41. The average Bonchev–Trinajstić information content (AvgIpc) is 3.14. The molecule has 1 rings (SSSR count). The van der Waals surface area contributed by atoms with Gasteiger partial charge in [-0.3, -0.25) is 4.79 Å². The molecule has 0 aromatic heterocycles. The fourth-order valence-electron chi connectivity index (χ4n) is 2.03. The summed E-state index contributed by atoms with van der Waals surface area (Å²) >= 11 is 0. The molecule has 0 saturated heterocycles. The van der Waals surface area contributed by atoms with E-state index >= 15 is 0 Å². The molecule has 0 spiro atoms. The fourth-order valence-corrected chi connectivity index (χ4v) is 2.03. The molecule has 0 heterocycles. The Balaban J connectivity index is 2.77. The van der Waals surface area contributed by atoms with Gasteiger partial charge < -0.3 is 14.9 Å². The molecule has 1 aliphatic carbocycles. The molecule has 0 aromatic carbocycles. The van der Waals surface area contributed by atoms with Crippen LogP contribution < -0.4 is 0 Å². The zero-order valence-corrected chi connectivity index (χ0v) is 12.4. The molecule has 1 saturated carbocycles. The van der Waals surface area contributed by atoms with Crippen LogP contribution in [0.1, 0.15) is 47.0 Å². The minimum atomic E-state index is -0.955. The molecule has 110 valence electrons. The molecule has 1 aliphatic rings. The van der Waals surface area contributed by atoms with E-state index in [2.05, 4.69) is 0 Å². The van der Waals surface area contributed by atoms with E-state index in [1.54, 1.807) is 0 Å². The minimum absolute atomic E-state index is 0.0518. The van der Waals surface area contributed by atoms with Crippen molar-refractivity contribution in [1.29, 1.82) is 0 Å². The standard InChI is InChI=1S/C14H26N2O3/c1-5-11(4)16(9-13(17)18)14(19)15(10(2)3)8-12-6-7-12/h10-12H,5-9H2,1-4H3,(H,17,18). The van der Waals surface area contributed by atoms with E-state index in [0.29, 0.717) is 5.92 Å². The zero-order chi connectivity index (χ0) is 14.6. The lowest BCUT2D eigenvalue weighted by atomic mass is 10.2. The predicted molar refractivity (Wildman–Crippen MR) is 74.1 cm³/mol. The summed E-state index contributed by atoms with van der Waals surface area (Å²) in [4.78, 5) is 26.8. The van der Waals surface area contributed by atoms with Gasteiger partial charge in [-0.05, 0) is 46.0 Å². The molecule has 5 heteroatoms. The number of rotatable bonds is 7. The van der Waals surface area contributed by atoms with Crippen molar-refractivity contribution in [3.05, 3.63) is 0 Å². The highest BCUT2D eigenvalue weighted by atomic mass is 16.4. The Bertz CT molecular complexity index is 327. The molecule has 1 atom stereocenters. The maximum absolute atomic E-state index is 12.6. The van der Waals surface area contributed by atoms with Gasteiger partial charge in [-0.1, -0.05) is 6.92 Å². The van der Waals surface area contributed by atoms with Crippen LogP contribution in [0.25, 0.3) is 0 Å². The third-order valence-corrected chi connectivity index (χ3v) is 3.70. The highest BCUT2D eigenvalue weighted by Gasteiger charge is 2.32. The number of carboxylic acids is 1. The number of urea groups is 1. The normalized spacial score (nSPS) is 16.3. The largest absolute Gasteiger partial charge is 0.480 e. The smallest absolute Gasteiger partial charge is 0.323 e. The van der Waals surface area contributed by atoms with E-state index in [-0.39, 0.29) is 24.7 Å². The van der Waals surface area contributed by atoms with Crippen LogP contribution in [-0.2, 0) is 4.79 Å². The number of aliphatic carboxylic acids is 1. The van der Waals surface area contributed by atoms with Crippen LogP contribution in [0.3, 0.4) is 0 Å². The van der Waals surface area contributed by atoms with Crippen LogP contribution in [-0.4, -0.2) is 52.1 Å². The van der Waals surface area contributed by atoms with Crippen molar-refractivity contribution in [2.75, 3.05) is 13.1 Å². The van der Waals surface area contributed by atoms with Gasteiger partial charge in [0.15, 0.2) is 0 Å². The second kappa shape index (κ2) is 6.78. The van der Waals surface area contributed by atoms with Gasteiger partial charge in [0.2, 0.25) is 0 Å². The average molecular weight is 270 g/mol. The number of hydrogen-bond acceptors (Lipinski definition) is 2. The molecule has 19 heavy (non-hydrogen) atoms. The molecule has 5 nitrogen and oxygen atoms in total. The molecule has 1 unspecified atom stereocenters. The molecular formula is C14H26N2O3. The van der Waals surface area contributed by atoms with Gasteiger partial charge in [0.05, 0.1) is 0 Å². The monoisotopic (exact) mass is 270 g/mol. The highest BCUT2D eigenvalue weighted by Crippen LogP contribution is 2.30. The number of carboxylic acid groups (broad SMARTS) is 1. The number of amides is 2. The van der Waals surface area contributed by atoms with Crippen LogP contribution >= 0.6 is 0 Å². The summed E-state index contributed by atoms with van der Waals surface area (Å²) in [6, 6.07) is -0.0869. The molecule has 1 N–H and O–H groups in total. The second-order valence-corrected chi connectivity index (χ2v) is 5.75. The Morgan fingerprint density at radius 1 is 1.21 bits per heavy atom. The van der Waals surface area contributed by atoms with Crippen molar-refractivity contribution in [3.63, 3.8) is 0 Å². The zero-order valence-electron chi connectivity index (χ0n) is 12.4. The van der Waals surface area contributed by atoms with Gasteiger partial charge >= 0.3 is 12.0 Å². The summed E-state index contributed by atoms with van der Waals surface area (Å²) in [5.74, 6) is -0.348. The first kappa shape index (κ1) is 15.8. The minimum Gasteiger partial charge on any atom is -0.480 e. The van der Waals surface area contributed by atoms with E-state index in [4.69, 9.17) is 5.11 Å². The van der Waals surface area contributed by atoms with Crippen LogP contribution in [0.15, 0.2) is 0 Å². The third kappa shape index (κ3) is 4.73. The summed E-state index contributed by atoms with van der Waals surface area (Å²) in [5.41, 5.74) is 0. The summed E-state index contributed by atoms with van der Waals surface area (Å²) < 4.78 is 0. The molecule has 2 amide bonds. The summed E-state index contributed by atoms with van der Waals surface area (Å²) in [6.45, 7) is 8.36. The summed E-state index contributed by atoms with van der Waals surface area (Å²) in [7, 11) is 0. The van der Waals surface area contributed by atoms with Crippen molar-refractivity contribution in [2.45, 2.75) is 59.0 Å². The maximum atomic E-state index is 12.6. The van der Waals surface area contributed by atoms with Crippen molar-refractivity contribution >= 4 is 12.0 Å². The molecule has 0 aromatic rings. The first-order valence-electron chi connectivity index (χ1n) is 7.15. The number of carbonyl (C=O) groups excluding carboxylic acids is 1. The van der Waals surface area contributed by atoms with Gasteiger partial charge in [-0.25, -0.2) is 4.79 Å². The van der Waals surface area contributed by atoms with E-state index in [0.717, 1.165) is 13.0 Å². The van der Waals surface area contributed by atoms with Gasteiger partial charge in [-0.15, -0.1) is 0 Å². The Labute approximate surface area is 115 Å². The van der Waals surface area contributed by atoms with Gasteiger partial charge in [-0.2, -0.15) is 0 Å². The molecule has 1 fully saturated rings. The Kier molecular flexibility index (Phi) is 5.63. The summed E-state index contributed by atoms with van der Waals surface area (Å²) in [5, 5.41) is 8.98. The molecule has 0 radical (unpaired) electrons. The third-order valence-electron chi connectivity index (χ3n) is 3.70. The summed E-state index contributed by atoms with van der Waals surface area (Å²) in [6.07, 6.45) is 3.12. The van der Waals surface area contributed by atoms with Crippen molar-refractivity contribution in [3.8, 4) is 0 Å². The van der Waals surface area contributed by atoms with Crippen LogP contribution in [0.5, 0.6) is 0 Å². The number of carbonyl (C=O) groups is 2. The van der Waals surface area contributed by atoms with Crippen LogP contribution in [0.2, 0.25) is 0 Å². The second-order valence-electron chi connectivity index (χ2n) is 5.75. The van der Waals surface area contributed by atoms with Gasteiger partial charge in [0.25, 0.3) is 0 Å². The van der Waals surface area contributed by atoms with Crippen LogP contribution in [0.4, 0.5) is 4.79 Å². The Morgan fingerprint density at radius 3 is 2.16 bits per heavy atom. The first-order chi connectivity index (χ1) is 8.86. The maximum Gasteiger partial charge on any atom is 0.323 e. The number of hydrogen-bond donors (Lipinski definition) is 1. The Morgan fingerprint density at radius 2 is 1.79 bits per heavy atom. The lowest BCUT2D eigenvalue weighted by molar-refractivity contribution is -0.138. The van der Waals surface area contributed by atoms with Crippen molar-refractivity contribution in [1.82, 2.24) is 9.80 Å². The lowest BCUT2D eigenvalue weighted by Crippen LogP contribution is -2.51. The van der Waals surface area contributed by atoms with Crippen LogP contribution in [0, 0.1) is 5.92 Å². The van der Waals surface area contributed by atoms with E-state index < -0.39 is 5.97 Å². The van der Waals surface area contributed by atoms with E-state index in [1.807, 2.05) is 32.6 Å². The van der Waals surface area contributed by atoms with Gasteiger partial charge in [0, 0.05) is 18.6 Å². The fraction of sp³-hybridized carbons (Fsp3) is 0.857. The lowest BCUT2D eigenvalue weighted by Gasteiger charge is -2.35. The Hall–Kier alpha value is -1.26. The topological polar surface area (TPSA) is 60.9 Å². The molecule has 0 aliphatic heterocycles. The first-order valence-corrected chi connectivity index (χ1v) is 7.15. The highest BCUT2D eigenvalue weighted by molar-refractivity contribution is 5.80. The van der Waals surface area contributed by atoms with E-state index in [9.17, 15) is 9.59 Å². The quantitative estimate of drug-likeness (QED) is 0.772. The SMILES string of the molecule is CCC(C)N(CC(=O)O)C(=O)N(CC1CC1)C(C)C.